The first-order valence-electron chi connectivity index (χ1n) is 7.08. The van der Waals surface area contributed by atoms with Crippen LogP contribution in [0.5, 0.6) is 0 Å². The van der Waals surface area contributed by atoms with Gasteiger partial charge >= 0.3 is 6.18 Å². The molecule has 0 bridgehead atoms. The highest BCUT2D eigenvalue weighted by atomic mass is 32.2. The maximum absolute atomic E-state index is 12.1. The average Bonchev–Trinajstić information content (AvgIpc) is 2.95. The van der Waals surface area contributed by atoms with E-state index in [2.05, 4.69) is 10.2 Å². The van der Waals surface area contributed by atoms with Crippen LogP contribution in [-0.2, 0) is 4.79 Å². The van der Waals surface area contributed by atoms with Crippen LogP contribution in [0.4, 0.5) is 13.2 Å². The number of thioether (sulfide) groups is 1. The fourth-order valence-corrected chi connectivity index (χ4v) is 2.49. The number of amides is 1. The van der Waals surface area contributed by atoms with Crippen LogP contribution in [0, 0.1) is 13.8 Å². The van der Waals surface area contributed by atoms with Crippen molar-refractivity contribution in [2.24, 2.45) is 0 Å². The highest BCUT2D eigenvalue weighted by molar-refractivity contribution is 8.00. The third-order valence-electron chi connectivity index (χ3n) is 3.27. The van der Waals surface area contributed by atoms with Crippen molar-refractivity contribution in [1.82, 2.24) is 15.5 Å². The molecule has 9 heteroatoms. The zero-order valence-electron chi connectivity index (χ0n) is 13.3. The smallest absolute Gasteiger partial charge is 0.405 e. The number of hydrogen-bond donors (Lipinski definition) is 1. The fraction of sp³-hybridized carbons (Fsp3) is 0.400. The predicted octanol–water partition coefficient (Wildman–Crippen LogP) is 3.51. The molecule has 0 fully saturated rings. The van der Waals surface area contributed by atoms with Gasteiger partial charge in [-0.3, -0.25) is 4.79 Å². The molecule has 0 radical (unpaired) electrons. The van der Waals surface area contributed by atoms with Crippen LogP contribution in [0.2, 0.25) is 0 Å². The SMILES string of the molecule is Cc1ccc(-c2nnc(SC(C)C(=O)NCC(F)(F)F)o2)cc1C. The number of carbonyl (C=O) groups excluding carboxylic acids is 1. The minimum absolute atomic E-state index is 0.123. The van der Waals surface area contributed by atoms with Gasteiger partial charge < -0.3 is 9.73 Å². The van der Waals surface area contributed by atoms with E-state index < -0.39 is 23.9 Å². The molecule has 0 aliphatic carbocycles. The molecule has 130 valence electrons. The Bertz CT molecular complexity index is 731. The number of rotatable bonds is 5. The number of aryl methyl sites for hydroxylation is 2. The van der Waals surface area contributed by atoms with Crippen LogP contribution in [-0.4, -0.2) is 34.1 Å². The molecule has 2 aromatic rings. The maximum atomic E-state index is 12.1. The second kappa shape index (κ2) is 7.25. The molecule has 0 saturated heterocycles. The van der Waals surface area contributed by atoms with E-state index in [4.69, 9.17) is 4.42 Å². The number of alkyl halides is 3. The van der Waals surface area contributed by atoms with Gasteiger partial charge in [0, 0.05) is 5.56 Å². The van der Waals surface area contributed by atoms with E-state index in [-0.39, 0.29) is 5.22 Å². The van der Waals surface area contributed by atoms with Crippen molar-refractivity contribution in [3.05, 3.63) is 29.3 Å². The summed E-state index contributed by atoms with van der Waals surface area (Å²) >= 11 is 0.905. The summed E-state index contributed by atoms with van der Waals surface area (Å²) < 4.78 is 41.8. The number of nitrogens with one attached hydrogen (secondary N) is 1. The lowest BCUT2D eigenvalue weighted by atomic mass is 10.1. The van der Waals surface area contributed by atoms with E-state index in [0.717, 1.165) is 28.5 Å². The van der Waals surface area contributed by atoms with Crippen molar-refractivity contribution in [1.29, 1.82) is 0 Å². The lowest BCUT2D eigenvalue weighted by molar-refractivity contribution is -0.137. The Hall–Kier alpha value is -2.03. The summed E-state index contributed by atoms with van der Waals surface area (Å²) in [5.41, 5.74) is 2.94. The number of carbonyl (C=O) groups is 1. The lowest BCUT2D eigenvalue weighted by Crippen LogP contribution is -2.37. The third-order valence-corrected chi connectivity index (χ3v) is 4.20. The number of hydrogen-bond acceptors (Lipinski definition) is 5. The molecule has 1 amide bonds. The molecule has 0 aliphatic rings. The standard InChI is InChI=1S/C15H16F3N3O2S/c1-8-4-5-11(6-9(8)2)13-20-21-14(23-13)24-10(3)12(22)19-7-15(16,17)18/h4-6,10H,7H2,1-3H3,(H,19,22). The second-order valence-electron chi connectivity index (χ2n) is 5.27. The maximum Gasteiger partial charge on any atom is 0.405 e. The topological polar surface area (TPSA) is 68.0 Å². The van der Waals surface area contributed by atoms with Crippen LogP contribution in [0.15, 0.2) is 27.8 Å². The summed E-state index contributed by atoms with van der Waals surface area (Å²) in [5.74, 6) is -0.452. The molecule has 24 heavy (non-hydrogen) atoms. The van der Waals surface area contributed by atoms with Gasteiger partial charge in [-0.15, -0.1) is 10.2 Å². The van der Waals surface area contributed by atoms with Gasteiger partial charge in [0.05, 0.1) is 5.25 Å². The van der Waals surface area contributed by atoms with Gasteiger partial charge in [0.15, 0.2) is 0 Å². The van der Waals surface area contributed by atoms with Gasteiger partial charge in [-0.1, -0.05) is 17.8 Å². The minimum atomic E-state index is -4.44. The molecular formula is C15H16F3N3O2S. The summed E-state index contributed by atoms with van der Waals surface area (Å²) in [6.45, 7) is 4.04. The van der Waals surface area contributed by atoms with Crippen molar-refractivity contribution in [2.75, 3.05) is 6.54 Å². The first kappa shape index (κ1) is 18.3. The van der Waals surface area contributed by atoms with Crippen molar-refractivity contribution in [3.63, 3.8) is 0 Å². The van der Waals surface area contributed by atoms with E-state index in [0.29, 0.717) is 5.89 Å². The minimum Gasteiger partial charge on any atom is -0.411 e. The van der Waals surface area contributed by atoms with E-state index in [1.54, 1.807) is 0 Å². The molecule has 0 aliphatic heterocycles. The number of halogens is 3. The number of aromatic nitrogens is 2. The monoisotopic (exact) mass is 359 g/mol. The van der Waals surface area contributed by atoms with Crippen molar-refractivity contribution in [3.8, 4) is 11.5 Å². The van der Waals surface area contributed by atoms with Crippen molar-refractivity contribution >= 4 is 17.7 Å². The third kappa shape index (κ3) is 4.98. The summed E-state index contributed by atoms with van der Waals surface area (Å²) in [7, 11) is 0. The average molecular weight is 359 g/mol. The summed E-state index contributed by atoms with van der Waals surface area (Å²) in [4.78, 5) is 11.6. The van der Waals surface area contributed by atoms with Gasteiger partial charge in [-0.2, -0.15) is 13.2 Å². The van der Waals surface area contributed by atoms with Crippen LogP contribution >= 0.6 is 11.8 Å². The van der Waals surface area contributed by atoms with E-state index in [1.807, 2.05) is 37.4 Å². The van der Waals surface area contributed by atoms with Gasteiger partial charge in [0.25, 0.3) is 5.22 Å². The van der Waals surface area contributed by atoms with E-state index >= 15 is 0 Å². The Morgan fingerprint density at radius 1 is 1.29 bits per heavy atom. The fourth-order valence-electron chi connectivity index (χ4n) is 1.78. The zero-order chi connectivity index (χ0) is 17.9. The highest BCUT2D eigenvalue weighted by Gasteiger charge is 2.29. The zero-order valence-corrected chi connectivity index (χ0v) is 14.1. The van der Waals surface area contributed by atoms with Gasteiger partial charge in [0.1, 0.15) is 6.54 Å². The summed E-state index contributed by atoms with van der Waals surface area (Å²) in [6.07, 6.45) is -4.44. The first-order chi connectivity index (χ1) is 11.2. The van der Waals surface area contributed by atoms with Crippen molar-refractivity contribution in [2.45, 2.75) is 37.4 Å². The molecule has 5 nitrogen and oxygen atoms in total. The Kier molecular flexibility index (Phi) is 5.53. The Morgan fingerprint density at radius 2 is 2.00 bits per heavy atom. The second-order valence-corrected chi connectivity index (χ2v) is 6.56. The molecule has 2 rings (SSSR count). The Balaban J connectivity index is 2.00. The van der Waals surface area contributed by atoms with Gasteiger partial charge in [0.2, 0.25) is 11.8 Å². The first-order valence-corrected chi connectivity index (χ1v) is 7.96. The normalized spacial score (nSPS) is 12.9. The molecule has 1 unspecified atom stereocenters. The van der Waals surface area contributed by atoms with Gasteiger partial charge in [-0.25, -0.2) is 0 Å². The van der Waals surface area contributed by atoms with Crippen LogP contribution in [0.3, 0.4) is 0 Å². The quantitative estimate of drug-likeness (QED) is 0.828. The summed E-state index contributed by atoms with van der Waals surface area (Å²) in [6, 6.07) is 5.66. The van der Waals surface area contributed by atoms with Crippen molar-refractivity contribution < 1.29 is 22.4 Å². The van der Waals surface area contributed by atoms with Gasteiger partial charge in [-0.05, 0) is 44.0 Å². The van der Waals surface area contributed by atoms with Crippen LogP contribution in [0.1, 0.15) is 18.1 Å². The Morgan fingerprint density at radius 3 is 2.62 bits per heavy atom. The molecule has 0 saturated carbocycles. The van der Waals surface area contributed by atoms with E-state index in [1.165, 1.54) is 6.92 Å². The number of benzene rings is 1. The molecule has 1 N–H and O–H groups in total. The molecule has 1 heterocycles. The predicted molar refractivity (Wildman–Crippen MR) is 83.6 cm³/mol. The number of nitrogens with zero attached hydrogens (tertiary/aromatic N) is 2. The molecular weight excluding hydrogens is 343 g/mol. The van der Waals surface area contributed by atoms with Crippen LogP contribution in [0.25, 0.3) is 11.5 Å². The molecule has 0 spiro atoms. The molecule has 1 aromatic carbocycles. The summed E-state index contributed by atoms with van der Waals surface area (Å²) in [5, 5.41) is 8.88. The lowest BCUT2D eigenvalue weighted by Gasteiger charge is -2.11. The Labute approximate surface area is 141 Å². The van der Waals surface area contributed by atoms with E-state index in [9.17, 15) is 18.0 Å². The van der Waals surface area contributed by atoms with Crippen LogP contribution < -0.4 is 5.32 Å². The highest BCUT2D eigenvalue weighted by Crippen LogP contribution is 2.27. The molecule has 1 aromatic heterocycles. The largest absolute Gasteiger partial charge is 0.411 e. The molecule has 1 atom stereocenters.